The van der Waals surface area contributed by atoms with Crippen molar-refractivity contribution in [1.82, 2.24) is 5.32 Å². The molecule has 0 saturated heterocycles. The monoisotopic (exact) mass is 342 g/mol. The van der Waals surface area contributed by atoms with Crippen molar-refractivity contribution in [3.8, 4) is 5.75 Å². The number of hydrogen-bond donors (Lipinski definition) is 3. The van der Waals surface area contributed by atoms with Crippen molar-refractivity contribution in [3.63, 3.8) is 0 Å². The van der Waals surface area contributed by atoms with Gasteiger partial charge < -0.3 is 25.2 Å². The van der Waals surface area contributed by atoms with E-state index in [-0.39, 0.29) is 23.6 Å². The first-order valence-corrected chi connectivity index (χ1v) is 7.89. The van der Waals surface area contributed by atoms with Crippen molar-refractivity contribution in [3.05, 3.63) is 23.2 Å². The van der Waals surface area contributed by atoms with Crippen molar-refractivity contribution < 1.29 is 19.4 Å². The highest BCUT2D eigenvalue weighted by Crippen LogP contribution is 2.40. The van der Waals surface area contributed by atoms with E-state index in [0.717, 1.165) is 0 Å². The molecule has 0 heterocycles. The lowest BCUT2D eigenvalue weighted by Gasteiger charge is -2.49. The number of ether oxygens (including phenoxy) is 2. The highest BCUT2D eigenvalue weighted by atomic mass is 35.5. The Kier molecular flexibility index (Phi) is 5.73. The zero-order valence-corrected chi connectivity index (χ0v) is 14.3. The van der Waals surface area contributed by atoms with Gasteiger partial charge in [-0.1, -0.05) is 25.4 Å². The SMILES string of the molecule is COCCOc1ccc(NC(=O)NC2CC(O)C2(C)C)cc1Cl. The molecular weight excluding hydrogens is 320 g/mol. The Morgan fingerprint density at radius 2 is 2.17 bits per heavy atom. The highest BCUT2D eigenvalue weighted by Gasteiger charge is 2.47. The van der Waals surface area contributed by atoms with E-state index in [4.69, 9.17) is 21.1 Å². The minimum Gasteiger partial charge on any atom is -0.490 e. The summed E-state index contributed by atoms with van der Waals surface area (Å²) in [4.78, 5) is 12.0. The first kappa shape index (κ1) is 17.8. The van der Waals surface area contributed by atoms with E-state index in [0.29, 0.717) is 36.1 Å². The van der Waals surface area contributed by atoms with Gasteiger partial charge in [0.2, 0.25) is 0 Å². The molecule has 1 aromatic rings. The van der Waals surface area contributed by atoms with Crippen LogP contribution in [0.4, 0.5) is 10.5 Å². The van der Waals surface area contributed by atoms with E-state index in [1.54, 1.807) is 25.3 Å². The summed E-state index contributed by atoms with van der Waals surface area (Å²) in [7, 11) is 1.60. The highest BCUT2D eigenvalue weighted by molar-refractivity contribution is 6.32. The number of methoxy groups -OCH3 is 1. The molecule has 1 aliphatic rings. The first-order valence-electron chi connectivity index (χ1n) is 7.51. The van der Waals surface area contributed by atoms with E-state index in [9.17, 15) is 9.90 Å². The summed E-state index contributed by atoms with van der Waals surface area (Å²) in [5, 5.41) is 15.7. The van der Waals surface area contributed by atoms with Crippen LogP contribution in [-0.4, -0.2) is 43.6 Å². The Morgan fingerprint density at radius 3 is 2.74 bits per heavy atom. The molecule has 1 fully saturated rings. The van der Waals surface area contributed by atoms with Crippen LogP contribution in [0.1, 0.15) is 20.3 Å². The van der Waals surface area contributed by atoms with Gasteiger partial charge in [-0.15, -0.1) is 0 Å². The van der Waals surface area contributed by atoms with Crippen molar-refractivity contribution >= 4 is 23.3 Å². The quantitative estimate of drug-likeness (QED) is 0.694. The Hall–Kier alpha value is -1.50. The summed E-state index contributed by atoms with van der Waals surface area (Å²) in [5.41, 5.74) is 0.262. The van der Waals surface area contributed by atoms with Gasteiger partial charge in [-0.3, -0.25) is 0 Å². The smallest absolute Gasteiger partial charge is 0.319 e. The fraction of sp³-hybridized carbons (Fsp3) is 0.562. The third-order valence-electron chi connectivity index (χ3n) is 4.26. The van der Waals surface area contributed by atoms with Crippen LogP contribution in [0.5, 0.6) is 5.75 Å². The van der Waals surface area contributed by atoms with E-state index in [2.05, 4.69) is 10.6 Å². The number of anilines is 1. The molecule has 0 spiro atoms. The van der Waals surface area contributed by atoms with E-state index in [1.807, 2.05) is 13.8 Å². The van der Waals surface area contributed by atoms with E-state index >= 15 is 0 Å². The van der Waals surface area contributed by atoms with Crippen LogP contribution in [0.3, 0.4) is 0 Å². The second-order valence-electron chi connectivity index (χ2n) is 6.21. The lowest BCUT2D eigenvalue weighted by Crippen LogP contribution is -2.61. The van der Waals surface area contributed by atoms with Gasteiger partial charge in [-0.05, 0) is 24.6 Å². The van der Waals surface area contributed by atoms with Gasteiger partial charge in [0.1, 0.15) is 12.4 Å². The summed E-state index contributed by atoms with van der Waals surface area (Å²) >= 11 is 6.13. The molecule has 0 aliphatic heterocycles. The third kappa shape index (κ3) is 4.28. The number of hydrogen-bond acceptors (Lipinski definition) is 4. The molecule has 3 N–H and O–H groups in total. The van der Waals surface area contributed by atoms with Crippen molar-refractivity contribution in [2.24, 2.45) is 5.41 Å². The van der Waals surface area contributed by atoms with Crippen LogP contribution >= 0.6 is 11.6 Å². The standard InChI is InChI=1S/C16H23ClN2O4/c1-16(2)13(9-14(16)20)19-15(21)18-10-4-5-12(11(17)8-10)23-7-6-22-3/h4-5,8,13-14,20H,6-7,9H2,1-3H3,(H2,18,19,21). The van der Waals surface area contributed by atoms with Gasteiger partial charge in [0.25, 0.3) is 0 Å². The lowest BCUT2D eigenvalue weighted by atomic mass is 9.65. The van der Waals surface area contributed by atoms with Gasteiger partial charge in [-0.2, -0.15) is 0 Å². The maximum Gasteiger partial charge on any atom is 0.319 e. The van der Waals surface area contributed by atoms with E-state index < -0.39 is 0 Å². The maximum atomic E-state index is 12.0. The molecule has 1 aromatic carbocycles. The Labute approximate surface area is 141 Å². The Bertz CT molecular complexity index is 565. The van der Waals surface area contributed by atoms with Crippen LogP contribution in [0.2, 0.25) is 5.02 Å². The minimum absolute atomic E-state index is 0.0513. The Morgan fingerprint density at radius 1 is 1.43 bits per heavy atom. The average molecular weight is 343 g/mol. The number of benzene rings is 1. The molecular formula is C16H23ClN2O4. The molecule has 23 heavy (non-hydrogen) atoms. The number of amides is 2. The van der Waals surface area contributed by atoms with Crippen molar-refractivity contribution in [2.45, 2.75) is 32.4 Å². The van der Waals surface area contributed by atoms with Crippen LogP contribution < -0.4 is 15.4 Å². The predicted molar refractivity (Wildman–Crippen MR) is 89.2 cm³/mol. The zero-order valence-electron chi connectivity index (χ0n) is 13.6. The molecule has 7 heteroatoms. The molecule has 0 radical (unpaired) electrons. The largest absolute Gasteiger partial charge is 0.490 e. The van der Waals surface area contributed by atoms with Crippen molar-refractivity contribution in [2.75, 3.05) is 25.6 Å². The van der Waals surface area contributed by atoms with Crippen LogP contribution in [0.25, 0.3) is 0 Å². The summed E-state index contributed by atoms with van der Waals surface area (Å²) in [6.07, 6.45) is 0.179. The molecule has 6 nitrogen and oxygen atoms in total. The lowest BCUT2D eigenvalue weighted by molar-refractivity contribution is -0.0673. The number of aliphatic hydroxyl groups is 1. The average Bonchev–Trinajstić information content (AvgIpc) is 2.49. The van der Waals surface area contributed by atoms with Gasteiger partial charge in [0.15, 0.2) is 0 Å². The number of aliphatic hydroxyl groups excluding tert-OH is 1. The number of urea groups is 1. The molecule has 2 unspecified atom stereocenters. The normalized spacial score (nSPS) is 22.1. The summed E-state index contributed by atoms with van der Waals surface area (Å²) in [5.74, 6) is 0.540. The van der Waals surface area contributed by atoms with Crippen LogP contribution in [0, 0.1) is 5.41 Å². The van der Waals surface area contributed by atoms with Gasteiger partial charge in [-0.25, -0.2) is 4.79 Å². The molecule has 0 bridgehead atoms. The first-order chi connectivity index (χ1) is 10.8. The third-order valence-corrected chi connectivity index (χ3v) is 4.55. The van der Waals surface area contributed by atoms with Crippen molar-refractivity contribution in [1.29, 1.82) is 0 Å². The Balaban J connectivity index is 1.88. The summed E-state index contributed by atoms with van der Waals surface area (Å²) < 4.78 is 10.4. The topological polar surface area (TPSA) is 79.8 Å². The fourth-order valence-electron chi connectivity index (χ4n) is 2.40. The number of halogens is 1. The van der Waals surface area contributed by atoms with Gasteiger partial charge in [0.05, 0.1) is 17.7 Å². The molecule has 2 rings (SSSR count). The molecule has 0 aromatic heterocycles. The predicted octanol–water partition coefficient (Wildman–Crippen LogP) is 2.65. The fourth-order valence-corrected chi connectivity index (χ4v) is 2.64. The molecule has 1 aliphatic carbocycles. The second-order valence-corrected chi connectivity index (χ2v) is 6.62. The molecule has 2 amide bonds. The molecule has 2 atom stereocenters. The summed E-state index contributed by atoms with van der Waals surface area (Å²) in [6, 6.07) is 4.67. The van der Waals surface area contributed by atoms with Crippen LogP contribution in [0.15, 0.2) is 18.2 Å². The molecule has 1 saturated carbocycles. The number of rotatable bonds is 6. The van der Waals surface area contributed by atoms with Gasteiger partial charge >= 0.3 is 6.03 Å². The second kappa shape index (κ2) is 7.38. The molecule has 128 valence electrons. The number of nitrogens with one attached hydrogen (secondary N) is 2. The zero-order chi connectivity index (χ0) is 17.0. The minimum atomic E-state index is -0.384. The number of carbonyl (C=O) groups excluding carboxylic acids is 1. The van der Waals surface area contributed by atoms with Gasteiger partial charge in [0, 0.05) is 24.3 Å². The summed E-state index contributed by atoms with van der Waals surface area (Å²) in [6.45, 7) is 4.73. The number of carbonyl (C=O) groups is 1. The maximum absolute atomic E-state index is 12.0. The van der Waals surface area contributed by atoms with E-state index in [1.165, 1.54) is 0 Å². The van der Waals surface area contributed by atoms with Crippen LogP contribution in [-0.2, 0) is 4.74 Å².